The number of hydrogen-bond acceptors (Lipinski definition) is 5. The molecule has 1 amide bonds. The molecular formula is C22H20N2O3S. The number of benzene rings is 2. The molecule has 0 saturated carbocycles. The molecule has 1 saturated heterocycles. The molecule has 2 aliphatic heterocycles. The molecular weight excluding hydrogens is 372 g/mol. The number of aromatic nitrogens is 1. The first-order valence-corrected chi connectivity index (χ1v) is 10.4. The molecule has 142 valence electrons. The summed E-state index contributed by atoms with van der Waals surface area (Å²) in [6.45, 7) is 1.43. The fraction of sp³-hybridized carbons (Fsp3) is 0.318. The minimum absolute atomic E-state index is 0.0420. The average molecular weight is 392 g/mol. The van der Waals surface area contributed by atoms with Crippen LogP contribution in [0.2, 0.25) is 0 Å². The Labute approximate surface area is 166 Å². The molecule has 0 bridgehead atoms. The smallest absolute Gasteiger partial charge is 0.339 e. The van der Waals surface area contributed by atoms with E-state index in [-0.39, 0.29) is 24.2 Å². The van der Waals surface area contributed by atoms with Gasteiger partial charge in [-0.15, -0.1) is 11.3 Å². The number of cyclic esters (lactones) is 1. The van der Waals surface area contributed by atoms with Crippen LogP contribution in [-0.2, 0) is 9.53 Å². The van der Waals surface area contributed by atoms with Gasteiger partial charge in [0.1, 0.15) is 6.10 Å². The van der Waals surface area contributed by atoms with Crippen LogP contribution >= 0.6 is 11.3 Å². The minimum atomic E-state index is -0.473. The third kappa shape index (κ3) is 3.07. The number of hydrogen-bond donors (Lipinski definition) is 0. The Hall–Kier alpha value is -2.73. The summed E-state index contributed by atoms with van der Waals surface area (Å²) in [7, 11) is 0. The van der Waals surface area contributed by atoms with Gasteiger partial charge in [-0.1, -0.05) is 30.3 Å². The minimum Gasteiger partial charge on any atom is -0.453 e. The van der Waals surface area contributed by atoms with E-state index < -0.39 is 6.10 Å². The monoisotopic (exact) mass is 392 g/mol. The van der Waals surface area contributed by atoms with E-state index in [4.69, 9.17) is 9.72 Å². The molecule has 0 aliphatic carbocycles. The zero-order valence-electron chi connectivity index (χ0n) is 15.3. The second-order valence-corrected chi connectivity index (χ2v) is 8.45. The van der Waals surface area contributed by atoms with Gasteiger partial charge in [0, 0.05) is 24.6 Å². The van der Waals surface area contributed by atoms with Gasteiger partial charge in [-0.25, -0.2) is 9.78 Å². The molecule has 5 rings (SSSR count). The summed E-state index contributed by atoms with van der Waals surface area (Å²) >= 11 is 1.72. The molecule has 5 nitrogen and oxygen atoms in total. The molecule has 0 spiro atoms. The molecule has 2 aromatic carbocycles. The summed E-state index contributed by atoms with van der Waals surface area (Å²) in [5.41, 5.74) is 2.42. The van der Waals surface area contributed by atoms with Crippen LogP contribution < -0.4 is 0 Å². The Balaban J connectivity index is 1.30. The number of carbonyl (C=O) groups excluding carboxylic acids is 2. The maximum atomic E-state index is 12.9. The van der Waals surface area contributed by atoms with Crippen molar-refractivity contribution in [2.75, 3.05) is 13.1 Å². The van der Waals surface area contributed by atoms with Crippen molar-refractivity contribution in [3.8, 4) is 0 Å². The van der Waals surface area contributed by atoms with Crippen molar-refractivity contribution in [1.82, 2.24) is 9.88 Å². The van der Waals surface area contributed by atoms with E-state index in [1.54, 1.807) is 17.4 Å². The Morgan fingerprint density at radius 3 is 2.89 bits per heavy atom. The van der Waals surface area contributed by atoms with Crippen LogP contribution in [0.1, 0.15) is 52.2 Å². The fourth-order valence-electron chi connectivity index (χ4n) is 4.13. The largest absolute Gasteiger partial charge is 0.453 e. The van der Waals surface area contributed by atoms with Crippen LogP contribution in [0.5, 0.6) is 0 Å². The number of fused-ring (bicyclic) bond motifs is 2. The lowest BCUT2D eigenvalue weighted by Gasteiger charge is -2.32. The third-order valence-electron chi connectivity index (χ3n) is 5.57. The summed E-state index contributed by atoms with van der Waals surface area (Å²) in [5, 5.41) is 1.11. The van der Waals surface area contributed by atoms with Crippen molar-refractivity contribution in [1.29, 1.82) is 0 Å². The number of esters is 1. The van der Waals surface area contributed by atoms with Gasteiger partial charge in [-0.3, -0.25) is 4.79 Å². The highest BCUT2D eigenvalue weighted by Gasteiger charge is 2.34. The van der Waals surface area contributed by atoms with Crippen LogP contribution in [0.25, 0.3) is 10.2 Å². The van der Waals surface area contributed by atoms with Crippen molar-refractivity contribution in [3.63, 3.8) is 0 Å². The Morgan fingerprint density at radius 2 is 2.00 bits per heavy atom. The standard InChI is InChI=1S/C22H20N2O3S/c25-20(12-18-15-7-1-2-8-16(15)22(26)27-18)24-11-5-6-14(13-24)21-23-17-9-3-4-10-19(17)28-21/h1-4,7-10,14,18H,5-6,11-13H2. The van der Waals surface area contributed by atoms with Gasteiger partial charge in [-0.2, -0.15) is 0 Å². The van der Waals surface area contributed by atoms with Crippen molar-refractivity contribution >= 4 is 33.4 Å². The normalized spacial score (nSPS) is 21.6. The number of carbonyl (C=O) groups is 2. The molecule has 3 aromatic rings. The van der Waals surface area contributed by atoms with Crippen molar-refractivity contribution < 1.29 is 14.3 Å². The van der Waals surface area contributed by atoms with Gasteiger partial charge >= 0.3 is 5.97 Å². The Morgan fingerprint density at radius 1 is 1.18 bits per heavy atom. The topological polar surface area (TPSA) is 59.5 Å². The van der Waals surface area contributed by atoms with Crippen molar-refractivity contribution in [2.45, 2.75) is 31.3 Å². The number of rotatable bonds is 3. The van der Waals surface area contributed by atoms with Gasteiger partial charge in [0.25, 0.3) is 0 Å². The number of thiazole rings is 1. The van der Waals surface area contributed by atoms with E-state index in [0.29, 0.717) is 12.1 Å². The molecule has 2 aliphatic rings. The SMILES string of the molecule is O=C1OC(CC(=O)N2CCCC(c3nc4ccccc4s3)C2)c2ccccc21. The van der Waals surface area contributed by atoms with E-state index >= 15 is 0 Å². The van der Waals surface area contributed by atoms with Crippen LogP contribution in [0.3, 0.4) is 0 Å². The first-order chi connectivity index (χ1) is 13.7. The first kappa shape index (κ1) is 17.4. The van der Waals surface area contributed by atoms with Crippen LogP contribution in [0.4, 0.5) is 0 Å². The maximum absolute atomic E-state index is 12.9. The van der Waals surface area contributed by atoms with Gasteiger partial charge < -0.3 is 9.64 Å². The molecule has 2 unspecified atom stereocenters. The molecule has 2 atom stereocenters. The van der Waals surface area contributed by atoms with Crippen LogP contribution in [0.15, 0.2) is 48.5 Å². The van der Waals surface area contributed by atoms with Crippen LogP contribution in [-0.4, -0.2) is 34.8 Å². The number of amides is 1. The number of nitrogens with zero attached hydrogens (tertiary/aromatic N) is 2. The first-order valence-electron chi connectivity index (χ1n) is 9.62. The second-order valence-electron chi connectivity index (χ2n) is 7.38. The third-order valence-corrected chi connectivity index (χ3v) is 6.77. The van der Waals surface area contributed by atoms with Crippen LogP contribution in [0, 0.1) is 0 Å². The number of piperidine rings is 1. The predicted molar refractivity (Wildman–Crippen MR) is 107 cm³/mol. The maximum Gasteiger partial charge on any atom is 0.339 e. The predicted octanol–water partition coefficient (Wildman–Crippen LogP) is 4.30. The quantitative estimate of drug-likeness (QED) is 0.624. The van der Waals surface area contributed by atoms with Gasteiger partial charge in [0.2, 0.25) is 5.91 Å². The average Bonchev–Trinajstić information content (AvgIpc) is 3.30. The number of ether oxygens (including phenoxy) is 1. The molecule has 3 heterocycles. The van der Waals surface area contributed by atoms with E-state index in [0.717, 1.165) is 35.5 Å². The van der Waals surface area contributed by atoms with E-state index in [1.165, 1.54) is 4.70 Å². The Kier molecular flexibility index (Phi) is 4.36. The molecule has 1 fully saturated rings. The summed E-state index contributed by atoms with van der Waals surface area (Å²) in [5.74, 6) is -0.0202. The van der Waals surface area contributed by atoms with Gasteiger partial charge in [-0.05, 0) is 31.0 Å². The lowest BCUT2D eigenvalue weighted by molar-refractivity contribution is -0.134. The number of likely N-dealkylation sites (tertiary alicyclic amines) is 1. The van der Waals surface area contributed by atoms with Gasteiger partial charge in [0.05, 0.1) is 27.2 Å². The molecule has 0 N–H and O–H groups in total. The highest BCUT2D eigenvalue weighted by Crippen LogP contribution is 2.36. The van der Waals surface area contributed by atoms with E-state index in [9.17, 15) is 9.59 Å². The Bertz CT molecular complexity index is 1030. The highest BCUT2D eigenvalue weighted by molar-refractivity contribution is 7.18. The zero-order valence-corrected chi connectivity index (χ0v) is 16.2. The molecule has 28 heavy (non-hydrogen) atoms. The second kappa shape index (κ2) is 7.02. The van der Waals surface area contributed by atoms with E-state index in [1.807, 2.05) is 41.3 Å². The summed E-state index contributed by atoms with van der Waals surface area (Å²) < 4.78 is 6.64. The zero-order chi connectivity index (χ0) is 19.1. The summed E-state index contributed by atoms with van der Waals surface area (Å²) in [6, 6.07) is 15.5. The molecule has 0 radical (unpaired) electrons. The summed E-state index contributed by atoms with van der Waals surface area (Å²) in [6.07, 6.45) is 1.74. The van der Waals surface area contributed by atoms with Crippen molar-refractivity contribution in [2.24, 2.45) is 0 Å². The summed E-state index contributed by atoms with van der Waals surface area (Å²) in [4.78, 5) is 31.6. The molecule has 1 aromatic heterocycles. The van der Waals surface area contributed by atoms with Gasteiger partial charge in [0.15, 0.2) is 0 Å². The lowest BCUT2D eigenvalue weighted by Crippen LogP contribution is -2.39. The van der Waals surface area contributed by atoms with Crippen molar-refractivity contribution in [3.05, 3.63) is 64.7 Å². The fourth-order valence-corrected chi connectivity index (χ4v) is 5.22. The number of para-hydroxylation sites is 1. The highest BCUT2D eigenvalue weighted by atomic mass is 32.1. The molecule has 6 heteroatoms. The lowest BCUT2D eigenvalue weighted by atomic mass is 9.97. The van der Waals surface area contributed by atoms with E-state index in [2.05, 4.69) is 6.07 Å².